The second-order valence-electron chi connectivity index (χ2n) is 9.16. The maximum Gasteiger partial charge on any atom is 0.244 e. The number of carbonyl (C=O) groups is 2. The molecule has 220 valence electrons. The summed E-state index contributed by atoms with van der Waals surface area (Å²) < 4.78 is 37.6. The standard InChI is InChI=1S/C29H33Cl2N3O6S/c1-5-32-29(36)26(15-20-9-7-6-8-10-20)33(18-21-11-12-22(30)16-24(21)31)28(35)19-34(41(4,37)38)25-14-13-23(39-2)17-27(25)40-3/h6-14,16-17,26H,5,15,18-19H2,1-4H3,(H,32,36)/t26-/m0/s1. The van der Waals surface area contributed by atoms with E-state index in [-0.39, 0.29) is 30.3 Å². The summed E-state index contributed by atoms with van der Waals surface area (Å²) in [5.74, 6) is -0.364. The van der Waals surface area contributed by atoms with Crippen molar-refractivity contribution < 1.29 is 27.5 Å². The second kappa shape index (κ2) is 14.4. The predicted octanol–water partition coefficient (Wildman–Crippen LogP) is 4.55. The molecule has 0 heterocycles. The first kappa shape index (κ1) is 32.0. The van der Waals surface area contributed by atoms with Crippen LogP contribution in [0.4, 0.5) is 5.69 Å². The molecule has 0 unspecified atom stereocenters. The smallest absolute Gasteiger partial charge is 0.244 e. The largest absolute Gasteiger partial charge is 0.497 e. The van der Waals surface area contributed by atoms with Gasteiger partial charge in [0.05, 0.1) is 26.2 Å². The van der Waals surface area contributed by atoms with Gasteiger partial charge in [-0.1, -0.05) is 59.6 Å². The van der Waals surface area contributed by atoms with E-state index in [1.807, 2.05) is 30.3 Å². The lowest BCUT2D eigenvalue weighted by Crippen LogP contribution is -2.53. The quantitative estimate of drug-likeness (QED) is 0.300. The van der Waals surface area contributed by atoms with Crippen LogP contribution in [0.5, 0.6) is 11.5 Å². The molecule has 0 saturated heterocycles. The lowest BCUT2D eigenvalue weighted by Gasteiger charge is -2.34. The maximum atomic E-state index is 14.1. The molecule has 0 bridgehead atoms. The molecular formula is C29H33Cl2N3O6S. The van der Waals surface area contributed by atoms with Crippen LogP contribution < -0.4 is 19.1 Å². The number of methoxy groups -OCH3 is 2. The van der Waals surface area contributed by atoms with Gasteiger partial charge in [-0.2, -0.15) is 0 Å². The van der Waals surface area contributed by atoms with Crippen LogP contribution >= 0.6 is 23.2 Å². The van der Waals surface area contributed by atoms with Crippen molar-refractivity contribution in [1.29, 1.82) is 0 Å². The van der Waals surface area contributed by atoms with E-state index in [9.17, 15) is 18.0 Å². The Labute approximate surface area is 251 Å². The lowest BCUT2D eigenvalue weighted by molar-refractivity contribution is -0.140. The molecule has 2 amide bonds. The minimum atomic E-state index is -3.98. The number of benzene rings is 3. The Kier molecular flexibility index (Phi) is 11.3. The van der Waals surface area contributed by atoms with Crippen LogP contribution in [-0.2, 0) is 32.6 Å². The lowest BCUT2D eigenvalue weighted by atomic mass is 10.0. The van der Waals surface area contributed by atoms with Gasteiger partial charge in [-0.05, 0) is 42.3 Å². The molecule has 1 N–H and O–H groups in total. The summed E-state index contributed by atoms with van der Waals surface area (Å²) >= 11 is 12.6. The summed E-state index contributed by atoms with van der Waals surface area (Å²) in [4.78, 5) is 28.9. The Morgan fingerprint density at radius 2 is 1.68 bits per heavy atom. The number of rotatable bonds is 13. The van der Waals surface area contributed by atoms with Gasteiger partial charge in [-0.15, -0.1) is 0 Å². The molecule has 3 rings (SSSR count). The molecule has 0 aliphatic heterocycles. The molecule has 0 radical (unpaired) electrons. The van der Waals surface area contributed by atoms with Gasteiger partial charge in [0, 0.05) is 35.6 Å². The van der Waals surface area contributed by atoms with Crippen molar-refractivity contribution in [2.45, 2.75) is 25.9 Å². The zero-order valence-corrected chi connectivity index (χ0v) is 25.6. The van der Waals surface area contributed by atoms with E-state index in [1.165, 1.54) is 31.3 Å². The van der Waals surface area contributed by atoms with Crippen molar-refractivity contribution in [2.24, 2.45) is 0 Å². The third-order valence-corrected chi connectivity index (χ3v) is 8.03. The van der Waals surface area contributed by atoms with E-state index in [4.69, 9.17) is 32.7 Å². The molecular weight excluding hydrogens is 589 g/mol. The van der Waals surface area contributed by atoms with Crippen LogP contribution in [0.2, 0.25) is 10.0 Å². The molecule has 0 aliphatic carbocycles. The molecule has 0 saturated carbocycles. The number of anilines is 1. The highest BCUT2D eigenvalue weighted by molar-refractivity contribution is 7.92. The van der Waals surface area contributed by atoms with Crippen LogP contribution in [0.1, 0.15) is 18.1 Å². The highest BCUT2D eigenvalue weighted by Gasteiger charge is 2.34. The van der Waals surface area contributed by atoms with E-state index in [0.717, 1.165) is 16.1 Å². The molecule has 3 aromatic carbocycles. The molecule has 9 nitrogen and oxygen atoms in total. The summed E-state index contributed by atoms with van der Waals surface area (Å²) in [6.07, 6.45) is 1.18. The number of carbonyl (C=O) groups excluding carboxylic acids is 2. The first-order valence-corrected chi connectivity index (χ1v) is 15.3. The Balaban J connectivity index is 2.10. The molecule has 0 aromatic heterocycles. The van der Waals surface area contributed by atoms with Gasteiger partial charge < -0.3 is 19.7 Å². The predicted molar refractivity (Wildman–Crippen MR) is 161 cm³/mol. The molecule has 1 atom stereocenters. The van der Waals surface area contributed by atoms with Crippen LogP contribution in [0.25, 0.3) is 0 Å². The number of ether oxygens (including phenoxy) is 2. The fraction of sp³-hybridized carbons (Fsp3) is 0.310. The summed E-state index contributed by atoms with van der Waals surface area (Å²) in [6, 6.07) is 17.7. The summed E-state index contributed by atoms with van der Waals surface area (Å²) in [6.45, 7) is 1.45. The van der Waals surface area contributed by atoms with Crippen molar-refractivity contribution in [3.05, 3.63) is 87.9 Å². The second-order valence-corrected chi connectivity index (χ2v) is 11.9. The van der Waals surface area contributed by atoms with Gasteiger partial charge in [0.25, 0.3) is 0 Å². The fourth-order valence-electron chi connectivity index (χ4n) is 4.27. The van der Waals surface area contributed by atoms with Crippen LogP contribution in [0.15, 0.2) is 66.7 Å². The third-order valence-electron chi connectivity index (χ3n) is 6.31. The SMILES string of the molecule is CCNC(=O)[C@H](Cc1ccccc1)N(Cc1ccc(Cl)cc1Cl)C(=O)CN(c1ccc(OC)cc1OC)S(C)(=O)=O. The zero-order valence-electron chi connectivity index (χ0n) is 23.3. The Bertz CT molecular complexity index is 1470. The number of sulfonamides is 1. The number of nitrogens with zero attached hydrogens (tertiary/aromatic N) is 2. The van der Waals surface area contributed by atoms with Crippen molar-refractivity contribution in [2.75, 3.05) is 37.9 Å². The van der Waals surface area contributed by atoms with Crippen LogP contribution in [0.3, 0.4) is 0 Å². The Morgan fingerprint density at radius 1 is 0.976 bits per heavy atom. The number of nitrogens with one attached hydrogen (secondary N) is 1. The summed E-state index contributed by atoms with van der Waals surface area (Å²) in [5.41, 5.74) is 1.51. The number of halogens is 2. The van der Waals surface area contributed by atoms with E-state index in [2.05, 4.69) is 5.32 Å². The van der Waals surface area contributed by atoms with Crippen molar-refractivity contribution in [3.8, 4) is 11.5 Å². The number of hydrogen-bond acceptors (Lipinski definition) is 6. The minimum Gasteiger partial charge on any atom is -0.497 e. The summed E-state index contributed by atoms with van der Waals surface area (Å²) in [7, 11) is -1.12. The molecule has 0 aliphatic rings. The Morgan fingerprint density at radius 3 is 2.27 bits per heavy atom. The maximum absolute atomic E-state index is 14.1. The molecule has 41 heavy (non-hydrogen) atoms. The van der Waals surface area contributed by atoms with Crippen LogP contribution in [-0.4, -0.2) is 64.7 Å². The topological polar surface area (TPSA) is 105 Å². The van der Waals surface area contributed by atoms with E-state index < -0.39 is 28.5 Å². The summed E-state index contributed by atoms with van der Waals surface area (Å²) in [5, 5.41) is 3.52. The van der Waals surface area contributed by atoms with Gasteiger partial charge in [-0.25, -0.2) is 8.42 Å². The fourth-order valence-corrected chi connectivity index (χ4v) is 5.59. The van der Waals surface area contributed by atoms with Gasteiger partial charge in [0.15, 0.2) is 0 Å². The number of amides is 2. The van der Waals surface area contributed by atoms with Gasteiger partial charge in [-0.3, -0.25) is 13.9 Å². The van der Waals surface area contributed by atoms with Crippen molar-refractivity contribution >= 4 is 50.7 Å². The Hall–Kier alpha value is -3.47. The molecule has 3 aromatic rings. The van der Waals surface area contributed by atoms with E-state index >= 15 is 0 Å². The average Bonchev–Trinajstić information content (AvgIpc) is 2.94. The monoisotopic (exact) mass is 621 g/mol. The van der Waals surface area contributed by atoms with Crippen LogP contribution in [0, 0.1) is 0 Å². The highest BCUT2D eigenvalue weighted by Crippen LogP contribution is 2.34. The molecule has 0 fully saturated rings. The number of hydrogen-bond donors (Lipinski definition) is 1. The van der Waals surface area contributed by atoms with Gasteiger partial charge >= 0.3 is 0 Å². The minimum absolute atomic E-state index is 0.0686. The van der Waals surface area contributed by atoms with E-state index in [1.54, 1.807) is 31.2 Å². The molecule has 0 spiro atoms. The van der Waals surface area contributed by atoms with E-state index in [0.29, 0.717) is 27.9 Å². The first-order valence-electron chi connectivity index (χ1n) is 12.7. The number of likely N-dealkylation sites (N-methyl/N-ethyl adjacent to an activating group) is 1. The van der Waals surface area contributed by atoms with Gasteiger partial charge in [0.1, 0.15) is 24.1 Å². The average molecular weight is 623 g/mol. The first-order chi connectivity index (χ1) is 19.5. The van der Waals surface area contributed by atoms with Crippen molar-refractivity contribution in [1.82, 2.24) is 10.2 Å². The zero-order chi connectivity index (χ0) is 30.2. The molecule has 12 heteroatoms. The normalized spacial score (nSPS) is 11.9. The van der Waals surface area contributed by atoms with Crippen molar-refractivity contribution in [3.63, 3.8) is 0 Å². The highest BCUT2D eigenvalue weighted by atomic mass is 35.5. The third kappa shape index (κ3) is 8.51. The van der Waals surface area contributed by atoms with Gasteiger partial charge in [0.2, 0.25) is 21.8 Å².